The number of carboxylic acid groups (broad SMARTS) is 1. The van der Waals surface area contributed by atoms with E-state index in [-0.39, 0.29) is 6.04 Å². The number of benzene rings is 1. The van der Waals surface area contributed by atoms with Gasteiger partial charge < -0.3 is 5.11 Å². The zero-order valence-corrected chi connectivity index (χ0v) is 12.6. The molecular formula is C14H18FNO4S. The first-order valence-electron chi connectivity index (χ1n) is 6.88. The lowest BCUT2D eigenvalue weighted by Crippen LogP contribution is -2.38. The average Bonchev–Trinajstić information content (AvgIpc) is 2.63. The number of carbonyl (C=O) groups is 1. The van der Waals surface area contributed by atoms with Crippen LogP contribution >= 0.6 is 0 Å². The van der Waals surface area contributed by atoms with Crippen LogP contribution in [0.3, 0.4) is 0 Å². The van der Waals surface area contributed by atoms with Crippen LogP contribution in [0.25, 0.3) is 0 Å². The molecule has 1 aliphatic rings. The monoisotopic (exact) mass is 315 g/mol. The average molecular weight is 315 g/mol. The summed E-state index contributed by atoms with van der Waals surface area (Å²) in [6.07, 6.45) is 3.31. The van der Waals surface area contributed by atoms with Gasteiger partial charge >= 0.3 is 5.97 Å². The Kier molecular flexibility index (Phi) is 4.63. The van der Waals surface area contributed by atoms with Crippen molar-refractivity contribution in [2.75, 3.05) is 6.54 Å². The standard InChI is InChI=1S/C14H18FNO4S/c1-10-5-3-2-4-8-16(10)21(19,20)13-9-11(15)6-7-12(13)14(17)18/h6-7,9-10H,2-5,8H2,1H3,(H,17,18). The van der Waals surface area contributed by atoms with Crippen molar-refractivity contribution < 1.29 is 22.7 Å². The van der Waals surface area contributed by atoms with Crippen molar-refractivity contribution in [3.05, 3.63) is 29.6 Å². The van der Waals surface area contributed by atoms with Gasteiger partial charge in [0.1, 0.15) is 5.82 Å². The first-order chi connectivity index (χ1) is 9.84. The van der Waals surface area contributed by atoms with E-state index >= 15 is 0 Å². The first kappa shape index (κ1) is 15.9. The Morgan fingerprint density at radius 3 is 2.71 bits per heavy atom. The first-order valence-corrected chi connectivity index (χ1v) is 8.32. The van der Waals surface area contributed by atoms with E-state index in [9.17, 15) is 17.6 Å². The molecule has 5 nitrogen and oxygen atoms in total. The topological polar surface area (TPSA) is 74.7 Å². The Bertz CT molecular complexity index is 644. The summed E-state index contributed by atoms with van der Waals surface area (Å²) in [7, 11) is -4.02. The fourth-order valence-electron chi connectivity index (χ4n) is 2.62. The molecule has 116 valence electrons. The molecule has 1 aliphatic heterocycles. The van der Waals surface area contributed by atoms with Crippen molar-refractivity contribution in [2.45, 2.75) is 43.5 Å². The van der Waals surface area contributed by atoms with Gasteiger partial charge in [-0.3, -0.25) is 0 Å². The second-order valence-electron chi connectivity index (χ2n) is 5.26. The van der Waals surface area contributed by atoms with Gasteiger partial charge in [0.05, 0.1) is 10.5 Å². The number of aromatic carboxylic acids is 1. The minimum Gasteiger partial charge on any atom is -0.478 e. The van der Waals surface area contributed by atoms with Crippen LogP contribution in [0.5, 0.6) is 0 Å². The van der Waals surface area contributed by atoms with Gasteiger partial charge in [0.25, 0.3) is 0 Å². The number of nitrogens with zero attached hydrogens (tertiary/aromatic N) is 1. The molecule has 0 amide bonds. The van der Waals surface area contributed by atoms with Crippen LogP contribution in [-0.4, -0.2) is 36.4 Å². The second-order valence-corrected chi connectivity index (χ2v) is 7.12. The number of rotatable bonds is 3. The van der Waals surface area contributed by atoms with Crippen LogP contribution in [0.1, 0.15) is 43.0 Å². The highest BCUT2D eigenvalue weighted by Crippen LogP contribution is 2.27. The second kappa shape index (κ2) is 6.11. The highest BCUT2D eigenvalue weighted by atomic mass is 32.2. The molecule has 2 rings (SSSR count). The molecule has 1 fully saturated rings. The minimum atomic E-state index is -4.02. The summed E-state index contributed by atoms with van der Waals surface area (Å²) in [4.78, 5) is 10.7. The molecule has 1 N–H and O–H groups in total. The van der Waals surface area contributed by atoms with Crippen molar-refractivity contribution in [3.63, 3.8) is 0 Å². The molecule has 1 atom stereocenters. The number of carboxylic acids is 1. The molecule has 7 heteroatoms. The third kappa shape index (κ3) is 3.24. The number of halogens is 1. The maximum Gasteiger partial charge on any atom is 0.337 e. The van der Waals surface area contributed by atoms with E-state index < -0.39 is 32.3 Å². The van der Waals surface area contributed by atoms with Gasteiger partial charge in [-0.25, -0.2) is 17.6 Å². The van der Waals surface area contributed by atoms with E-state index in [2.05, 4.69) is 0 Å². The van der Waals surface area contributed by atoms with E-state index in [1.54, 1.807) is 6.92 Å². The molecule has 0 saturated carbocycles. The summed E-state index contributed by atoms with van der Waals surface area (Å²) < 4.78 is 40.2. The van der Waals surface area contributed by atoms with Gasteiger partial charge in [-0.05, 0) is 38.0 Å². The quantitative estimate of drug-likeness (QED) is 0.930. The smallest absolute Gasteiger partial charge is 0.337 e. The zero-order chi connectivity index (χ0) is 15.6. The molecule has 1 heterocycles. The molecule has 0 bridgehead atoms. The Labute approximate surface area is 123 Å². The van der Waals surface area contributed by atoms with Crippen LogP contribution in [0, 0.1) is 5.82 Å². The van der Waals surface area contributed by atoms with E-state index in [4.69, 9.17) is 5.11 Å². The third-order valence-electron chi connectivity index (χ3n) is 3.75. The van der Waals surface area contributed by atoms with Gasteiger partial charge in [-0.1, -0.05) is 12.8 Å². The Hall–Kier alpha value is -1.47. The fourth-order valence-corrected chi connectivity index (χ4v) is 4.51. The van der Waals surface area contributed by atoms with Crippen LogP contribution in [-0.2, 0) is 10.0 Å². The zero-order valence-electron chi connectivity index (χ0n) is 11.8. The lowest BCUT2D eigenvalue weighted by Gasteiger charge is -2.26. The molecule has 0 radical (unpaired) electrons. The fraction of sp³-hybridized carbons (Fsp3) is 0.500. The van der Waals surface area contributed by atoms with E-state index in [0.717, 1.165) is 43.9 Å². The van der Waals surface area contributed by atoms with Crippen LogP contribution < -0.4 is 0 Å². The molecule has 1 aromatic carbocycles. The molecule has 21 heavy (non-hydrogen) atoms. The largest absolute Gasteiger partial charge is 0.478 e. The summed E-state index contributed by atoms with van der Waals surface area (Å²) in [6, 6.07) is 2.51. The molecular weight excluding hydrogens is 297 g/mol. The van der Waals surface area contributed by atoms with Crippen molar-refractivity contribution >= 4 is 16.0 Å². The van der Waals surface area contributed by atoms with Crippen molar-refractivity contribution in [1.82, 2.24) is 4.31 Å². The lowest BCUT2D eigenvalue weighted by atomic mass is 10.1. The Balaban J connectivity index is 2.52. The Morgan fingerprint density at radius 1 is 1.33 bits per heavy atom. The summed E-state index contributed by atoms with van der Waals surface area (Å²) >= 11 is 0. The molecule has 1 saturated heterocycles. The summed E-state index contributed by atoms with van der Waals surface area (Å²) in [5.74, 6) is -2.14. The van der Waals surface area contributed by atoms with Crippen LogP contribution in [0.2, 0.25) is 0 Å². The minimum absolute atomic E-state index is 0.220. The summed E-state index contributed by atoms with van der Waals surface area (Å²) in [5.41, 5.74) is -0.396. The molecule has 1 unspecified atom stereocenters. The lowest BCUT2D eigenvalue weighted by molar-refractivity contribution is 0.0692. The maximum atomic E-state index is 13.4. The van der Waals surface area contributed by atoms with Gasteiger partial charge in [0.2, 0.25) is 10.0 Å². The SMILES string of the molecule is CC1CCCCCN1S(=O)(=O)c1cc(F)ccc1C(=O)O. The van der Waals surface area contributed by atoms with Crippen molar-refractivity contribution in [2.24, 2.45) is 0 Å². The number of hydrogen-bond donors (Lipinski definition) is 1. The van der Waals surface area contributed by atoms with Gasteiger partial charge in [-0.2, -0.15) is 4.31 Å². The normalized spacial score (nSPS) is 21.0. The molecule has 0 aromatic heterocycles. The predicted molar refractivity (Wildman–Crippen MR) is 75.2 cm³/mol. The van der Waals surface area contributed by atoms with Crippen LogP contribution in [0.15, 0.2) is 23.1 Å². The molecule has 1 aromatic rings. The van der Waals surface area contributed by atoms with E-state index in [1.807, 2.05) is 0 Å². The van der Waals surface area contributed by atoms with Gasteiger partial charge in [0.15, 0.2) is 0 Å². The summed E-state index contributed by atoms with van der Waals surface area (Å²) in [5, 5.41) is 9.13. The summed E-state index contributed by atoms with van der Waals surface area (Å²) in [6.45, 7) is 2.13. The third-order valence-corrected chi connectivity index (χ3v) is 5.81. The number of hydrogen-bond acceptors (Lipinski definition) is 3. The Morgan fingerprint density at radius 2 is 2.05 bits per heavy atom. The van der Waals surface area contributed by atoms with Crippen molar-refractivity contribution in [3.8, 4) is 0 Å². The number of sulfonamides is 1. The highest BCUT2D eigenvalue weighted by molar-refractivity contribution is 7.89. The van der Waals surface area contributed by atoms with Crippen molar-refractivity contribution in [1.29, 1.82) is 0 Å². The maximum absolute atomic E-state index is 13.4. The van der Waals surface area contributed by atoms with E-state index in [1.165, 1.54) is 4.31 Å². The highest BCUT2D eigenvalue weighted by Gasteiger charge is 2.33. The molecule has 0 aliphatic carbocycles. The van der Waals surface area contributed by atoms with Gasteiger partial charge in [0, 0.05) is 12.6 Å². The predicted octanol–water partition coefficient (Wildman–Crippen LogP) is 2.48. The van der Waals surface area contributed by atoms with E-state index in [0.29, 0.717) is 6.54 Å². The van der Waals surface area contributed by atoms with Crippen LogP contribution in [0.4, 0.5) is 4.39 Å². The van der Waals surface area contributed by atoms with Gasteiger partial charge in [-0.15, -0.1) is 0 Å². The molecule has 0 spiro atoms.